The molecule has 3 heterocycles. The van der Waals surface area contributed by atoms with Crippen LogP contribution in [0.3, 0.4) is 0 Å². The molecule has 0 unspecified atom stereocenters. The lowest BCUT2D eigenvalue weighted by atomic mass is 10.2. The lowest BCUT2D eigenvalue weighted by molar-refractivity contribution is 0.0383. The molecule has 1 aliphatic heterocycles. The van der Waals surface area contributed by atoms with Crippen molar-refractivity contribution in [3.05, 3.63) is 46.0 Å². The maximum Gasteiger partial charge on any atom is 0.270 e. The fourth-order valence-corrected chi connectivity index (χ4v) is 2.59. The fraction of sp³-hybridized carbons (Fsp3) is 0.438. The van der Waals surface area contributed by atoms with Gasteiger partial charge in [-0.25, -0.2) is 4.98 Å². The number of nitrogens with one attached hydrogen (secondary N) is 1. The van der Waals surface area contributed by atoms with E-state index >= 15 is 0 Å². The first-order valence-electron chi connectivity index (χ1n) is 7.71. The van der Waals surface area contributed by atoms with E-state index in [2.05, 4.69) is 15.2 Å². The number of aromatic nitrogens is 2. The number of carbonyl (C=O) groups excluding carboxylic acids is 1. The highest BCUT2D eigenvalue weighted by Crippen LogP contribution is 2.02. The molecule has 1 fully saturated rings. The second kappa shape index (κ2) is 6.89. The number of rotatable bonds is 4. The van der Waals surface area contributed by atoms with Gasteiger partial charge in [-0.1, -0.05) is 6.07 Å². The molecule has 0 saturated carbocycles. The molecule has 0 atom stereocenters. The minimum atomic E-state index is -0.383. The van der Waals surface area contributed by atoms with E-state index in [-0.39, 0.29) is 17.0 Å². The normalized spacial score (nSPS) is 15.7. The minimum absolute atomic E-state index is 0.0649. The number of carbonyl (C=O) groups is 1. The Labute approximate surface area is 133 Å². The molecular weight excluding hydrogens is 296 g/mol. The van der Waals surface area contributed by atoms with Gasteiger partial charge in [-0.2, -0.15) is 0 Å². The lowest BCUT2D eigenvalue weighted by Crippen LogP contribution is -2.42. The van der Waals surface area contributed by atoms with E-state index in [1.54, 1.807) is 12.3 Å². The molecule has 7 nitrogen and oxygen atoms in total. The van der Waals surface area contributed by atoms with Crippen LogP contribution in [0.25, 0.3) is 5.65 Å². The van der Waals surface area contributed by atoms with E-state index in [0.29, 0.717) is 12.2 Å². The standard InChI is InChI=1S/C16H20N4O3/c1-12-2-3-14-18-10-13(16(22)20(14)11-12)15(21)17-4-5-19-6-8-23-9-7-19/h2-3,10-11H,4-9H2,1H3,(H,17,21). The molecule has 0 aliphatic carbocycles. The Kier molecular flexibility index (Phi) is 4.68. The third kappa shape index (κ3) is 3.57. The summed E-state index contributed by atoms with van der Waals surface area (Å²) in [5, 5.41) is 2.79. The van der Waals surface area contributed by atoms with Gasteiger partial charge in [0.25, 0.3) is 11.5 Å². The van der Waals surface area contributed by atoms with Crippen LogP contribution in [0.2, 0.25) is 0 Å². The van der Waals surface area contributed by atoms with E-state index in [0.717, 1.165) is 38.4 Å². The van der Waals surface area contributed by atoms with Crippen molar-refractivity contribution in [2.24, 2.45) is 0 Å². The van der Waals surface area contributed by atoms with Crippen molar-refractivity contribution in [3.63, 3.8) is 0 Å². The highest BCUT2D eigenvalue weighted by molar-refractivity contribution is 5.93. The number of fused-ring (bicyclic) bond motifs is 1. The van der Waals surface area contributed by atoms with Gasteiger partial charge in [-0.15, -0.1) is 0 Å². The highest BCUT2D eigenvalue weighted by atomic mass is 16.5. The molecule has 23 heavy (non-hydrogen) atoms. The predicted octanol–water partition coefficient (Wildman–Crippen LogP) is 0.0649. The third-order valence-electron chi connectivity index (χ3n) is 3.91. The van der Waals surface area contributed by atoms with Crippen molar-refractivity contribution in [1.29, 1.82) is 0 Å². The molecule has 1 saturated heterocycles. The SMILES string of the molecule is Cc1ccc2ncc(C(=O)NCCN3CCOCC3)c(=O)n2c1. The summed E-state index contributed by atoms with van der Waals surface area (Å²) in [5.41, 5.74) is 1.19. The van der Waals surface area contributed by atoms with Gasteiger partial charge in [-0.3, -0.25) is 18.9 Å². The zero-order valence-corrected chi connectivity index (χ0v) is 13.1. The Balaban J connectivity index is 1.68. The van der Waals surface area contributed by atoms with Crippen LogP contribution in [-0.4, -0.2) is 59.6 Å². The Morgan fingerprint density at radius 3 is 2.91 bits per heavy atom. The summed E-state index contributed by atoms with van der Waals surface area (Å²) in [4.78, 5) is 31.0. The van der Waals surface area contributed by atoms with Crippen LogP contribution in [0.15, 0.2) is 29.3 Å². The number of nitrogens with zero attached hydrogens (tertiary/aromatic N) is 3. The van der Waals surface area contributed by atoms with Crippen molar-refractivity contribution in [1.82, 2.24) is 19.6 Å². The maximum atomic E-state index is 12.4. The molecule has 0 radical (unpaired) electrons. The molecule has 1 amide bonds. The zero-order valence-electron chi connectivity index (χ0n) is 13.1. The minimum Gasteiger partial charge on any atom is -0.379 e. The monoisotopic (exact) mass is 316 g/mol. The molecule has 2 aromatic heterocycles. The number of ether oxygens (including phenoxy) is 1. The van der Waals surface area contributed by atoms with Crippen molar-refractivity contribution < 1.29 is 9.53 Å². The average molecular weight is 316 g/mol. The van der Waals surface area contributed by atoms with Gasteiger partial charge in [0.1, 0.15) is 11.2 Å². The molecule has 0 aromatic carbocycles. The van der Waals surface area contributed by atoms with Crippen LogP contribution in [0.1, 0.15) is 15.9 Å². The summed E-state index contributed by atoms with van der Waals surface area (Å²) in [6.45, 7) is 6.32. The maximum absolute atomic E-state index is 12.4. The molecule has 2 aromatic rings. The summed E-state index contributed by atoms with van der Waals surface area (Å²) in [6.07, 6.45) is 3.03. The molecular formula is C16H20N4O3. The van der Waals surface area contributed by atoms with E-state index < -0.39 is 0 Å². The van der Waals surface area contributed by atoms with Gasteiger partial charge in [-0.05, 0) is 18.6 Å². The first-order valence-corrected chi connectivity index (χ1v) is 7.71. The first-order chi connectivity index (χ1) is 11.1. The Morgan fingerprint density at radius 2 is 2.13 bits per heavy atom. The number of hydrogen-bond donors (Lipinski definition) is 1. The zero-order chi connectivity index (χ0) is 16.2. The van der Waals surface area contributed by atoms with Gasteiger partial charge in [0.2, 0.25) is 0 Å². The number of morpholine rings is 1. The Bertz CT molecular complexity index is 765. The molecule has 1 N–H and O–H groups in total. The van der Waals surface area contributed by atoms with Gasteiger partial charge in [0.05, 0.1) is 13.2 Å². The van der Waals surface area contributed by atoms with E-state index in [1.807, 2.05) is 13.0 Å². The van der Waals surface area contributed by atoms with Crippen molar-refractivity contribution in [2.45, 2.75) is 6.92 Å². The predicted molar refractivity (Wildman–Crippen MR) is 85.8 cm³/mol. The highest BCUT2D eigenvalue weighted by Gasteiger charge is 2.14. The molecule has 3 rings (SSSR count). The van der Waals surface area contributed by atoms with Gasteiger partial charge < -0.3 is 10.1 Å². The second-order valence-electron chi connectivity index (χ2n) is 5.62. The van der Waals surface area contributed by atoms with Crippen LogP contribution in [0, 0.1) is 6.92 Å². The van der Waals surface area contributed by atoms with Crippen LogP contribution in [0.4, 0.5) is 0 Å². The fourth-order valence-electron chi connectivity index (χ4n) is 2.59. The Hall–Kier alpha value is -2.25. The number of pyridine rings is 1. The average Bonchev–Trinajstić information content (AvgIpc) is 2.56. The van der Waals surface area contributed by atoms with Crippen LogP contribution in [-0.2, 0) is 4.74 Å². The Morgan fingerprint density at radius 1 is 1.35 bits per heavy atom. The number of amides is 1. The van der Waals surface area contributed by atoms with Crippen molar-refractivity contribution in [3.8, 4) is 0 Å². The van der Waals surface area contributed by atoms with E-state index in [4.69, 9.17) is 4.74 Å². The summed E-state index contributed by atoms with van der Waals surface area (Å²) >= 11 is 0. The molecule has 1 aliphatic rings. The van der Waals surface area contributed by atoms with Crippen LogP contribution >= 0.6 is 0 Å². The van der Waals surface area contributed by atoms with Gasteiger partial charge >= 0.3 is 0 Å². The second-order valence-corrected chi connectivity index (χ2v) is 5.62. The smallest absolute Gasteiger partial charge is 0.270 e. The van der Waals surface area contributed by atoms with Crippen LogP contribution < -0.4 is 10.9 Å². The summed E-state index contributed by atoms with van der Waals surface area (Å²) in [7, 11) is 0. The van der Waals surface area contributed by atoms with E-state index in [9.17, 15) is 9.59 Å². The summed E-state index contributed by atoms with van der Waals surface area (Å²) in [6, 6.07) is 3.64. The largest absolute Gasteiger partial charge is 0.379 e. The van der Waals surface area contributed by atoms with Crippen molar-refractivity contribution >= 4 is 11.6 Å². The van der Waals surface area contributed by atoms with Gasteiger partial charge in [0, 0.05) is 38.6 Å². The quantitative estimate of drug-likeness (QED) is 0.863. The summed E-state index contributed by atoms with van der Waals surface area (Å²) < 4.78 is 6.69. The van der Waals surface area contributed by atoms with Crippen molar-refractivity contribution in [2.75, 3.05) is 39.4 Å². The number of aryl methyl sites for hydroxylation is 1. The third-order valence-corrected chi connectivity index (χ3v) is 3.91. The topological polar surface area (TPSA) is 75.9 Å². The molecule has 0 bridgehead atoms. The van der Waals surface area contributed by atoms with Gasteiger partial charge in [0.15, 0.2) is 0 Å². The molecule has 122 valence electrons. The lowest BCUT2D eigenvalue weighted by Gasteiger charge is -2.26. The molecule has 0 spiro atoms. The first kappa shape index (κ1) is 15.6. The van der Waals surface area contributed by atoms with E-state index in [1.165, 1.54) is 10.6 Å². The molecule has 7 heteroatoms. The number of hydrogen-bond acceptors (Lipinski definition) is 5. The van der Waals surface area contributed by atoms with Crippen LogP contribution in [0.5, 0.6) is 0 Å². The summed E-state index contributed by atoms with van der Waals surface area (Å²) in [5.74, 6) is -0.383.